The predicted octanol–water partition coefficient (Wildman–Crippen LogP) is -0.474. The van der Waals surface area contributed by atoms with Crippen molar-refractivity contribution < 1.29 is 19.1 Å². The van der Waals surface area contributed by atoms with Gasteiger partial charge in [-0.3, -0.25) is 9.59 Å². The molecule has 2 amide bonds. The summed E-state index contributed by atoms with van der Waals surface area (Å²) in [5.74, 6) is -0.106. The van der Waals surface area contributed by atoms with Crippen LogP contribution in [0.5, 0.6) is 5.75 Å². The van der Waals surface area contributed by atoms with E-state index in [0.29, 0.717) is 24.6 Å². The lowest BCUT2D eigenvalue weighted by atomic mass is 10.3. The topological polar surface area (TPSA) is 103 Å². The first-order valence-electron chi connectivity index (χ1n) is 6.12. The van der Waals surface area contributed by atoms with Crippen molar-refractivity contribution in [3.05, 3.63) is 24.3 Å². The minimum Gasteiger partial charge on any atom is -0.484 e. The van der Waals surface area contributed by atoms with E-state index in [2.05, 4.69) is 10.6 Å². The van der Waals surface area contributed by atoms with Crippen molar-refractivity contribution in [3.63, 3.8) is 0 Å². The molecule has 1 aromatic rings. The average Bonchev–Trinajstić information content (AvgIpc) is 2.45. The smallest absolute Gasteiger partial charge is 0.258 e. The first kappa shape index (κ1) is 15.8. The Hall–Kier alpha value is -2.28. The number of amides is 2. The van der Waals surface area contributed by atoms with E-state index >= 15 is 0 Å². The van der Waals surface area contributed by atoms with Gasteiger partial charge < -0.3 is 25.8 Å². The molecule has 0 saturated heterocycles. The molecule has 0 aliphatic rings. The summed E-state index contributed by atoms with van der Waals surface area (Å²) in [7, 11) is 1.54. The fraction of sp³-hybridized carbons (Fsp3) is 0.385. The molecule has 0 radical (unpaired) electrons. The Morgan fingerprint density at radius 3 is 2.50 bits per heavy atom. The number of benzene rings is 1. The van der Waals surface area contributed by atoms with Gasteiger partial charge in [0.05, 0.1) is 13.2 Å². The third-order valence-electron chi connectivity index (χ3n) is 2.32. The van der Waals surface area contributed by atoms with Crippen molar-refractivity contribution >= 4 is 17.5 Å². The molecule has 20 heavy (non-hydrogen) atoms. The van der Waals surface area contributed by atoms with E-state index < -0.39 is 0 Å². The van der Waals surface area contributed by atoms with E-state index in [-0.39, 0.29) is 25.0 Å². The number of carbonyl (C=O) groups excluding carboxylic acids is 2. The number of carbonyl (C=O) groups is 2. The molecule has 0 saturated carbocycles. The van der Waals surface area contributed by atoms with Gasteiger partial charge in [-0.2, -0.15) is 0 Å². The number of hydrogen-bond donors (Lipinski definition) is 3. The minimum absolute atomic E-state index is 0.0896. The average molecular weight is 281 g/mol. The SMILES string of the molecule is COCCNC(=O)CNC(=O)COc1ccc(N)cc1. The molecule has 0 aromatic heterocycles. The lowest BCUT2D eigenvalue weighted by molar-refractivity contribution is -0.127. The number of hydrogen-bond acceptors (Lipinski definition) is 5. The third kappa shape index (κ3) is 6.60. The van der Waals surface area contributed by atoms with Crippen LogP contribution < -0.4 is 21.1 Å². The Morgan fingerprint density at radius 2 is 1.85 bits per heavy atom. The molecule has 0 fully saturated rings. The number of rotatable bonds is 8. The van der Waals surface area contributed by atoms with Gasteiger partial charge in [-0.15, -0.1) is 0 Å². The molecule has 0 atom stereocenters. The second-order valence-electron chi connectivity index (χ2n) is 3.98. The molecule has 7 nitrogen and oxygen atoms in total. The molecule has 1 aromatic carbocycles. The normalized spacial score (nSPS) is 9.85. The summed E-state index contributed by atoms with van der Waals surface area (Å²) in [5.41, 5.74) is 6.15. The lowest BCUT2D eigenvalue weighted by Crippen LogP contribution is -2.39. The standard InChI is InChI=1S/C13H19N3O4/c1-19-7-6-15-12(17)8-16-13(18)9-20-11-4-2-10(14)3-5-11/h2-5H,6-9,14H2,1H3,(H,15,17)(H,16,18). The molecule has 4 N–H and O–H groups in total. The fourth-order valence-electron chi connectivity index (χ4n) is 1.30. The highest BCUT2D eigenvalue weighted by molar-refractivity contribution is 5.85. The Kier molecular flexibility index (Phi) is 6.91. The number of methoxy groups -OCH3 is 1. The molecular weight excluding hydrogens is 262 g/mol. The lowest BCUT2D eigenvalue weighted by Gasteiger charge is -2.08. The van der Waals surface area contributed by atoms with Crippen molar-refractivity contribution in [2.75, 3.05) is 39.1 Å². The Bertz CT molecular complexity index is 434. The summed E-state index contributed by atoms with van der Waals surface area (Å²) in [6, 6.07) is 6.69. The van der Waals surface area contributed by atoms with Gasteiger partial charge in [0.25, 0.3) is 5.91 Å². The van der Waals surface area contributed by atoms with Crippen LogP contribution in [0.2, 0.25) is 0 Å². The van der Waals surface area contributed by atoms with Crippen LogP contribution in [-0.4, -0.2) is 45.2 Å². The van der Waals surface area contributed by atoms with Crippen molar-refractivity contribution in [2.24, 2.45) is 0 Å². The number of nitrogen functional groups attached to an aromatic ring is 1. The zero-order chi connectivity index (χ0) is 14.8. The Labute approximate surface area is 117 Å². The second-order valence-corrected chi connectivity index (χ2v) is 3.98. The van der Waals surface area contributed by atoms with Crippen molar-refractivity contribution in [1.29, 1.82) is 0 Å². The van der Waals surface area contributed by atoms with Gasteiger partial charge in [-0.25, -0.2) is 0 Å². The van der Waals surface area contributed by atoms with Gasteiger partial charge in [0.15, 0.2) is 6.61 Å². The van der Waals surface area contributed by atoms with Crippen LogP contribution in [0.25, 0.3) is 0 Å². The summed E-state index contributed by atoms with van der Waals surface area (Å²) in [6.07, 6.45) is 0. The number of ether oxygens (including phenoxy) is 2. The second kappa shape index (κ2) is 8.76. The highest BCUT2D eigenvalue weighted by Crippen LogP contribution is 2.12. The van der Waals surface area contributed by atoms with Gasteiger partial charge >= 0.3 is 0 Å². The van der Waals surface area contributed by atoms with Crippen LogP contribution >= 0.6 is 0 Å². The minimum atomic E-state index is -0.372. The van der Waals surface area contributed by atoms with Crippen LogP contribution in [0.15, 0.2) is 24.3 Å². The predicted molar refractivity (Wildman–Crippen MR) is 74.2 cm³/mol. The van der Waals surface area contributed by atoms with E-state index in [0.717, 1.165) is 0 Å². The first-order valence-corrected chi connectivity index (χ1v) is 6.12. The van der Waals surface area contributed by atoms with E-state index in [1.807, 2.05) is 0 Å². The van der Waals surface area contributed by atoms with Crippen molar-refractivity contribution in [1.82, 2.24) is 10.6 Å². The molecule has 0 aliphatic carbocycles. The van der Waals surface area contributed by atoms with Gasteiger partial charge in [0.1, 0.15) is 5.75 Å². The van der Waals surface area contributed by atoms with Gasteiger partial charge in [0, 0.05) is 19.3 Å². The van der Waals surface area contributed by atoms with Crippen LogP contribution in [0.1, 0.15) is 0 Å². The molecule has 110 valence electrons. The van der Waals surface area contributed by atoms with E-state index in [1.165, 1.54) is 0 Å². The zero-order valence-corrected chi connectivity index (χ0v) is 11.3. The number of nitrogens with two attached hydrogens (primary N) is 1. The number of anilines is 1. The molecule has 0 bridgehead atoms. The quantitative estimate of drug-likeness (QED) is 0.441. The maximum Gasteiger partial charge on any atom is 0.258 e. The van der Waals surface area contributed by atoms with Crippen molar-refractivity contribution in [2.45, 2.75) is 0 Å². The molecular formula is C13H19N3O4. The molecule has 0 heterocycles. The highest BCUT2D eigenvalue weighted by Gasteiger charge is 2.05. The summed E-state index contributed by atoms with van der Waals surface area (Å²) >= 11 is 0. The van der Waals surface area contributed by atoms with Crippen molar-refractivity contribution in [3.8, 4) is 5.75 Å². The van der Waals surface area contributed by atoms with E-state index in [9.17, 15) is 9.59 Å². The van der Waals surface area contributed by atoms with Crippen LogP contribution in [-0.2, 0) is 14.3 Å². The summed E-state index contributed by atoms with van der Waals surface area (Å²) in [5, 5.41) is 5.04. The Balaban J connectivity index is 2.17. The summed E-state index contributed by atoms with van der Waals surface area (Å²) in [4.78, 5) is 22.8. The number of nitrogens with one attached hydrogen (secondary N) is 2. The zero-order valence-electron chi connectivity index (χ0n) is 11.3. The largest absolute Gasteiger partial charge is 0.484 e. The maximum atomic E-state index is 11.5. The van der Waals surface area contributed by atoms with E-state index in [4.69, 9.17) is 15.2 Å². The molecule has 1 rings (SSSR count). The van der Waals surface area contributed by atoms with Gasteiger partial charge in [-0.05, 0) is 24.3 Å². The molecule has 0 spiro atoms. The Morgan fingerprint density at radius 1 is 1.15 bits per heavy atom. The maximum absolute atomic E-state index is 11.5. The fourth-order valence-corrected chi connectivity index (χ4v) is 1.30. The summed E-state index contributed by atoms with van der Waals surface area (Å²) < 4.78 is 10.0. The van der Waals surface area contributed by atoms with Crippen LogP contribution in [0, 0.1) is 0 Å². The van der Waals surface area contributed by atoms with Gasteiger partial charge in [-0.1, -0.05) is 0 Å². The third-order valence-corrected chi connectivity index (χ3v) is 2.32. The highest BCUT2D eigenvalue weighted by atomic mass is 16.5. The molecule has 0 aliphatic heterocycles. The van der Waals surface area contributed by atoms with Gasteiger partial charge in [0.2, 0.25) is 5.91 Å². The monoisotopic (exact) mass is 281 g/mol. The van der Waals surface area contributed by atoms with Crippen LogP contribution in [0.3, 0.4) is 0 Å². The van der Waals surface area contributed by atoms with E-state index in [1.54, 1.807) is 31.4 Å². The first-order chi connectivity index (χ1) is 9.61. The summed E-state index contributed by atoms with van der Waals surface area (Å²) in [6.45, 7) is 0.593. The molecule has 7 heteroatoms. The molecule has 0 unspecified atom stereocenters. The van der Waals surface area contributed by atoms with Crippen LogP contribution in [0.4, 0.5) is 5.69 Å².